The number of hydrogen-bond donors (Lipinski definition) is 1. The van der Waals surface area contributed by atoms with Crippen LogP contribution in [0.2, 0.25) is 0 Å². The first-order valence-corrected chi connectivity index (χ1v) is 8.43. The molecular formula is C21H25NO3. The van der Waals surface area contributed by atoms with E-state index in [-0.39, 0.29) is 12.0 Å². The van der Waals surface area contributed by atoms with Gasteiger partial charge in [0, 0.05) is 17.3 Å². The van der Waals surface area contributed by atoms with Gasteiger partial charge in [0.25, 0.3) is 5.91 Å². The molecule has 4 heteroatoms. The van der Waals surface area contributed by atoms with Gasteiger partial charge in [-0.3, -0.25) is 4.79 Å². The van der Waals surface area contributed by atoms with E-state index in [4.69, 9.17) is 9.47 Å². The lowest BCUT2D eigenvalue weighted by Crippen LogP contribution is -2.13. The highest BCUT2D eigenvalue weighted by atomic mass is 16.5. The Kier molecular flexibility index (Phi) is 6.63. The maximum absolute atomic E-state index is 12.5. The summed E-state index contributed by atoms with van der Waals surface area (Å²) in [5.74, 6) is 1.20. The molecule has 2 aromatic carbocycles. The van der Waals surface area contributed by atoms with Gasteiger partial charge in [0.2, 0.25) is 0 Å². The van der Waals surface area contributed by atoms with Gasteiger partial charge >= 0.3 is 0 Å². The van der Waals surface area contributed by atoms with Crippen molar-refractivity contribution in [2.75, 3.05) is 11.9 Å². The molecule has 0 aliphatic carbocycles. The maximum Gasteiger partial charge on any atom is 0.255 e. The summed E-state index contributed by atoms with van der Waals surface area (Å²) in [5.41, 5.74) is 2.17. The van der Waals surface area contributed by atoms with Gasteiger partial charge in [-0.25, -0.2) is 0 Å². The first kappa shape index (κ1) is 18.6. The molecule has 1 atom stereocenters. The fourth-order valence-corrected chi connectivity index (χ4v) is 2.10. The van der Waals surface area contributed by atoms with Gasteiger partial charge in [-0.15, -0.1) is 0 Å². The first-order chi connectivity index (χ1) is 12.0. The van der Waals surface area contributed by atoms with Crippen LogP contribution in [0.25, 0.3) is 0 Å². The van der Waals surface area contributed by atoms with E-state index in [1.807, 2.05) is 44.2 Å². The second-order valence-corrected chi connectivity index (χ2v) is 6.09. The Morgan fingerprint density at radius 2 is 1.88 bits per heavy atom. The van der Waals surface area contributed by atoms with Crippen LogP contribution < -0.4 is 14.8 Å². The predicted octanol–water partition coefficient (Wildman–Crippen LogP) is 5.07. The summed E-state index contributed by atoms with van der Waals surface area (Å²) < 4.78 is 11.4. The van der Waals surface area contributed by atoms with Crippen molar-refractivity contribution in [2.24, 2.45) is 0 Å². The van der Waals surface area contributed by atoms with Crippen molar-refractivity contribution in [3.63, 3.8) is 0 Å². The molecule has 1 unspecified atom stereocenters. The number of carbonyl (C=O) groups excluding carboxylic acids is 1. The Hall–Kier alpha value is -2.75. The van der Waals surface area contributed by atoms with E-state index in [1.165, 1.54) is 0 Å². The van der Waals surface area contributed by atoms with E-state index in [9.17, 15) is 4.79 Å². The highest BCUT2D eigenvalue weighted by Gasteiger charge is 2.09. The molecule has 132 valence electrons. The van der Waals surface area contributed by atoms with Crippen molar-refractivity contribution in [3.05, 3.63) is 66.2 Å². The molecule has 25 heavy (non-hydrogen) atoms. The largest absolute Gasteiger partial charge is 0.491 e. The second kappa shape index (κ2) is 8.92. The molecule has 2 rings (SSSR count). The molecule has 4 nitrogen and oxygen atoms in total. The summed E-state index contributed by atoms with van der Waals surface area (Å²) >= 11 is 0. The lowest BCUT2D eigenvalue weighted by Gasteiger charge is -2.13. The van der Waals surface area contributed by atoms with Gasteiger partial charge in [0.1, 0.15) is 18.1 Å². The summed E-state index contributed by atoms with van der Waals surface area (Å²) in [4.78, 5) is 12.5. The number of benzene rings is 2. The van der Waals surface area contributed by atoms with Gasteiger partial charge in [-0.1, -0.05) is 25.6 Å². The number of amides is 1. The van der Waals surface area contributed by atoms with Crippen LogP contribution in [0.3, 0.4) is 0 Å². The van der Waals surface area contributed by atoms with E-state index in [0.717, 1.165) is 12.0 Å². The minimum atomic E-state index is -0.188. The van der Waals surface area contributed by atoms with Crippen LogP contribution in [-0.2, 0) is 0 Å². The second-order valence-electron chi connectivity index (χ2n) is 6.09. The molecule has 0 aliphatic heterocycles. The van der Waals surface area contributed by atoms with Crippen LogP contribution in [0.1, 0.15) is 37.6 Å². The van der Waals surface area contributed by atoms with Crippen LogP contribution >= 0.6 is 0 Å². The number of anilines is 1. The Morgan fingerprint density at radius 3 is 2.60 bits per heavy atom. The minimum absolute atomic E-state index is 0.112. The van der Waals surface area contributed by atoms with Crippen molar-refractivity contribution >= 4 is 11.6 Å². The van der Waals surface area contributed by atoms with Gasteiger partial charge in [-0.05, 0) is 56.2 Å². The Bertz CT molecular complexity index is 739. The fourth-order valence-electron chi connectivity index (χ4n) is 2.10. The van der Waals surface area contributed by atoms with Gasteiger partial charge in [0.05, 0.1) is 6.10 Å². The minimum Gasteiger partial charge on any atom is -0.491 e. The fraction of sp³-hybridized carbons (Fsp3) is 0.286. The monoisotopic (exact) mass is 339 g/mol. The number of rotatable bonds is 8. The molecule has 0 bridgehead atoms. The molecule has 0 spiro atoms. The molecule has 1 amide bonds. The summed E-state index contributed by atoms with van der Waals surface area (Å²) in [6.07, 6.45) is 1.02. The number of carbonyl (C=O) groups is 1. The molecule has 0 heterocycles. The Balaban J connectivity index is 2.05. The van der Waals surface area contributed by atoms with E-state index in [2.05, 4.69) is 18.8 Å². The van der Waals surface area contributed by atoms with Crippen LogP contribution in [0.15, 0.2) is 60.7 Å². The van der Waals surface area contributed by atoms with Crippen molar-refractivity contribution in [1.82, 2.24) is 0 Å². The van der Waals surface area contributed by atoms with Crippen molar-refractivity contribution in [1.29, 1.82) is 0 Å². The lowest BCUT2D eigenvalue weighted by molar-refractivity contribution is 0.102. The summed E-state index contributed by atoms with van der Waals surface area (Å²) in [7, 11) is 0. The zero-order chi connectivity index (χ0) is 18.2. The first-order valence-electron chi connectivity index (χ1n) is 8.43. The zero-order valence-corrected chi connectivity index (χ0v) is 15.0. The average Bonchev–Trinajstić information content (AvgIpc) is 2.60. The van der Waals surface area contributed by atoms with E-state index >= 15 is 0 Å². The Labute approximate surface area is 149 Å². The van der Waals surface area contributed by atoms with Gasteiger partial charge in [0.15, 0.2) is 0 Å². The topological polar surface area (TPSA) is 47.6 Å². The highest BCUT2D eigenvalue weighted by Crippen LogP contribution is 2.20. The van der Waals surface area contributed by atoms with Gasteiger partial charge in [-0.2, -0.15) is 0 Å². The Morgan fingerprint density at radius 1 is 1.16 bits per heavy atom. The lowest BCUT2D eigenvalue weighted by atomic mass is 10.2. The van der Waals surface area contributed by atoms with Crippen LogP contribution in [0.4, 0.5) is 5.69 Å². The zero-order valence-electron chi connectivity index (χ0n) is 15.0. The van der Waals surface area contributed by atoms with E-state index in [0.29, 0.717) is 29.4 Å². The molecule has 2 aromatic rings. The van der Waals surface area contributed by atoms with E-state index < -0.39 is 0 Å². The molecule has 0 radical (unpaired) electrons. The normalized spacial score (nSPS) is 11.5. The average molecular weight is 339 g/mol. The van der Waals surface area contributed by atoms with Crippen molar-refractivity contribution < 1.29 is 14.3 Å². The molecule has 0 aliphatic rings. The summed E-state index contributed by atoms with van der Waals surface area (Å²) in [6.45, 7) is 10.2. The molecule has 0 aromatic heterocycles. The predicted molar refractivity (Wildman–Crippen MR) is 102 cm³/mol. The van der Waals surface area contributed by atoms with E-state index in [1.54, 1.807) is 18.2 Å². The molecule has 1 N–H and O–H groups in total. The number of ether oxygens (including phenoxy) is 2. The van der Waals surface area contributed by atoms with Crippen LogP contribution in [-0.4, -0.2) is 18.6 Å². The molecule has 0 saturated carbocycles. The third kappa shape index (κ3) is 5.99. The van der Waals surface area contributed by atoms with Crippen LogP contribution in [0, 0.1) is 0 Å². The molecule has 0 saturated heterocycles. The highest BCUT2D eigenvalue weighted by molar-refractivity contribution is 6.04. The quantitative estimate of drug-likeness (QED) is 0.683. The SMILES string of the molecule is C=C(C)COc1cccc(NC(=O)c2cccc(OC(C)CC)c2)c1. The van der Waals surface area contributed by atoms with Crippen molar-refractivity contribution in [2.45, 2.75) is 33.3 Å². The standard InChI is InChI=1S/C21H25NO3/c1-5-16(4)25-20-11-6-8-17(12-20)21(23)22-18-9-7-10-19(13-18)24-14-15(2)3/h6-13,16H,2,5,14H2,1,3-4H3,(H,22,23). The molecule has 0 fully saturated rings. The number of hydrogen-bond acceptors (Lipinski definition) is 3. The summed E-state index contributed by atoms with van der Waals surface area (Å²) in [6, 6.07) is 14.5. The third-order valence-electron chi connectivity index (χ3n) is 3.59. The van der Waals surface area contributed by atoms with Crippen molar-refractivity contribution in [3.8, 4) is 11.5 Å². The summed E-state index contributed by atoms with van der Waals surface area (Å²) in [5, 5.41) is 2.88. The van der Waals surface area contributed by atoms with Crippen LogP contribution in [0.5, 0.6) is 11.5 Å². The maximum atomic E-state index is 12.5. The van der Waals surface area contributed by atoms with Gasteiger partial charge < -0.3 is 14.8 Å². The third-order valence-corrected chi connectivity index (χ3v) is 3.59. The molecular weight excluding hydrogens is 314 g/mol. The number of nitrogens with one attached hydrogen (secondary N) is 1. The smallest absolute Gasteiger partial charge is 0.255 e.